The SMILES string of the molecule is [Ir].[c-]1cccc2c1c1ncccc1c1ccccc21.[c-]1ccccc1-c1cc2c3c(cccc3n1)-c1ccccc1-2. The van der Waals surface area contributed by atoms with Gasteiger partial charge in [0.1, 0.15) is 0 Å². The first-order chi connectivity index (χ1) is 19.9. The molecule has 0 amide bonds. The fourth-order valence-electron chi connectivity index (χ4n) is 6.00. The molecule has 0 unspecified atom stereocenters. The van der Waals surface area contributed by atoms with Gasteiger partial charge in [0.2, 0.25) is 0 Å². The predicted octanol–water partition coefficient (Wildman–Crippen LogP) is 9.69. The zero-order valence-electron chi connectivity index (χ0n) is 21.9. The Bertz CT molecular complexity index is 2000. The van der Waals surface area contributed by atoms with Crippen LogP contribution in [0.5, 0.6) is 0 Å². The van der Waals surface area contributed by atoms with Crippen LogP contribution >= 0.6 is 0 Å². The normalized spacial score (nSPS) is 11.2. The number of hydrogen-bond donors (Lipinski definition) is 0. The second-order valence-electron chi connectivity index (χ2n) is 9.98. The molecule has 0 spiro atoms. The molecule has 195 valence electrons. The van der Waals surface area contributed by atoms with E-state index in [1.807, 2.05) is 42.6 Å². The van der Waals surface area contributed by atoms with Gasteiger partial charge in [-0.05, 0) is 56.4 Å². The molecule has 6 aromatic carbocycles. The molecule has 0 saturated heterocycles. The summed E-state index contributed by atoms with van der Waals surface area (Å²) in [5.74, 6) is 0. The molecule has 0 atom stereocenters. The summed E-state index contributed by atoms with van der Waals surface area (Å²) < 4.78 is 0. The Labute approximate surface area is 251 Å². The molecular weight excluding hydrogens is 677 g/mol. The Morgan fingerprint density at radius 1 is 0.512 bits per heavy atom. The Morgan fingerprint density at radius 2 is 1.20 bits per heavy atom. The summed E-state index contributed by atoms with van der Waals surface area (Å²) in [5.41, 5.74) is 9.28. The maximum absolute atomic E-state index is 4.86. The van der Waals surface area contributed by atoms with E-state index in [1.165, 1.54) is 49.2 Å². The largest absolute Gasteiger partial charge is 0.304 e. The second kappa shape index (κ2) is 10.4. The van der Waals surface area contributed by atoms with Crippen LogP contribution in [0.4, 0.5) is 0 Å². The summed E-state index contributed by atoms with van der Waals surface area (Å²) >= 11 is 0. The minimum absolute atomic E-state index is 0. The van der Waals surface area contributed by atoms with Crippen molar-refractivity contribution in [2.75, 3.05) is 0 Å². The van der Waals surface area contributed by atoms with Gasteiger partial charge in [-0.15, -0.1) is 65.5 Å². The van der Waals surface area contributed by atoms with E-state index in [0.717, 1.165) is 27.7 Å². The number of fused-ring (bicyclic) bond motifs is 9. The van der Waals surface area contributed by atoms with E-state index in [9.17, 15) is 0 Å². The fraction of sp³-hybridized carbons (Fsp3) is 0. The van der Waals surface area contributed by atoms with Crippen LogP contribution in [0.1, 0.15) is 0 Å². The van der Waals surface area contributed by atoms with Crippen LogP contribution in [0.2, 0.25) is 0 Å². The van der Waals surface area contributed by atoms with Gasteiger partial charge in [0.05, 0.1) is 5.52 Å². The fourth-order valence-corrected chi connectivity index (χ4v) is 6.00. The number of nitrogens with zero attached hydrogens (tertiary/aromatic N) is 2. The monoisotopic (exact) mass is 699 g/mol. The third kappa shape index (κ3) is 4.14. The Morgan fingerprint density at radius 3 is 2.02 bits per heavy atom. The van der Waals surface area contributed by atoms with E-state index < -0.39 is 0 Å². The summed E-state index contributed by atoms with van der Waals surface area (Å²) in [5, 5.41) is 7.31. The van der Waals surface area contributed by atoms with Crippen molar-refractivity contribution in [2.24, 2.45) is 0 Å². The second-order valence-corrected chi connectivity index (χ2v) is 9.98. The van der Waals surface area contributed by atoms with Crippen molar-refractivity contribution < 1.29 is 20.1 Å². The van der Waals surface area contributed by atoms with Crippen molar-refractivity contribution in [2.45, 2.75) is 0 Å². The molecule has 3 heteroatoms. The average Bonchev–Trinajstić information content (AvgIpc) is 3.37. The van der Waals surface area contributed by atoms with Crippen LogP contribution < -0.4 is 0 Å². The minimum atomic E-state index is 0. The van der Waals surface area contributed by atoms with Crippen LogP contribution in [0.15, 0.2) is 134 Å². The zero-order chi connectivity index (χ0) is 26.5. The molecule has 8 aromatic rings. The molecule has 1 aliphatic carbocycles. The van der Waals surface area contributed by atoms with E-state index in [2.05, 4.69) is 108 Å². The standard InChI is InChI=1S/C21H12N.C17H10N.Ir/c1-2-7-14(8-3-1)20-13-18-16-10-5-4-9-15(16)17-11-6-12-19(22-20)21(17)18;1-2-7-14-12(6-1)13-8-3-4-9-15(13)17-16(14)10-5-11-18-17;/h1-7,9-13H;1-8,10-11H;/q2*-1;. The van der Waals surface area contributed by atoms with Crippen LogP contribution in [0.3, 0.4) is 0 Å². The molecule has 2 heterocycles. The molecule has 1 aliphatic rings. The van der Waals surface area contributed by atoms with Gasteiger partial charge in [-0.2, -0.15) is 0 Å². The minimum Gasteiger partial charge on any atom is -0.304 e. The smallest absolute Gasteiger partial charge is 0.0607 e. The van der Waals surface area contributed by atoms with Crippen LogP contribution in [0, 0.1) is 12.1 Å². The number of aromatic nitrogens is 2. The van der Waals surface area contributed by atoms with Crippen molar-refractivity contribution in [3.63, 3.8) is 0 Å². The van der Waals surface area contributed by atoms with Gasteiger partial charge in [0, 0.05) is 31.7 Å². The number of pyridine rings is 2. The Balaban J connectivity index is 0.000000134. The molecule has 0 bridgehead atoms. The maximum Gasteiger partial charge on any atom is 0.0607 e. The number of hydrogen-bond acceptors (Lipinski definition) is 2. The van der Waals surface area contributed by atoms with Gasteiger partial charge in [-0.3, -0.25) is 4.98 Å². The van der Waals surface area contributed by atoms with Crippen molar-refractivity contribution in [3.05, 3.63) is 146 Å². The van der Waals surface area contributed by atoms with Crippen LogP contribution in [-0.2, 0) is 20.1 Å². The molecule has 0 fully saturated rings. The molecule has 41 heavy (non-hydrogen) atoms. The third-order valence-electron chi connectivity index (χ3n) is 7.73. The van der Waals surface area contributed by atoms with Crippen molar-refractivity contribution >= 4 is 43.4 Å². The quantitative estimate of drug-likeness (QED) is 0.126. The average molecular weight is 699 g/mol. The molecule has 2 nitrogen and oxygen atoms in total. The molecule has 1 radical (unpaired) electrons. The summed E-state index contributed by atoms with van der Waals surface area (Å²) in [6.45, 7) is 0. The van der Waals surface area contributed by atoms with Crippen LogP contribution in [0.25, 0.3) is 76.9 Å². The zero-order valence-corrected chi connectivity index (χ0v) is 24.3. The van der Waals surface area contributed by atoms with E-state index in [1.54, 1.807) is 0 Å². The molecule has 2 aromatic heterocycles. The number of rotatable bonds is 1. The first-order valence-electron chi connectivity index (χ1n) is 13.4. The topological polar surface area (TPSA) is 25.8 Å². The van der Waals surface area contributed by atoms with Gasteiger partial charge < -0.3 is 4.98 Å². The van der Waals surface area contributed by atoms with E-state index in [4.69, 9.17) is 4.98 Å². The molecule has 9 rings (SSSR count). The number of benzene rings is 6. The maximum atomic E-state index is 4.86. The molecular formula is C38H22IrN2-2. The summed E-state index contributed by atoms with van der Waals surface area (Å²) in [7, 11) is 0. The molecule has 0 saturated carbocycles. The van der Waals surface area contributed by atoms with E-state index >= 15 is 0 Å². The first kappa shape index (κ1) is 25.3. The Hall–Kier alpha value is -4.69. The molecule has 0 N–H and O–H groups in total. The van der Waals surface area contributed by atoms with E-state index in [0.29, 0.717) is 0 Å². The van der Waals surface area contributed by atoms with Gasteiger partial charge >= 0.3 is 0 Å². The summed E-state index contributed by atoms with van der Waals surface area (Å²) in [6.07, 6.45) is 1.84. The van der Waals surface area contributed by atoms with Crippen molar-refractivity contribution in [3.8, 4) is 33.5 Å². The van der Waals surface area contributed by atoms with E-state index in [-0.39, 0.29) is 20.1 Å². The predicted molar refractivity (Wildman–Crippen MR) is 166 cm³/mol. The van der Waals surface area contributed by atoms with Crippen molar-refractivity contribution in [1.82, 2.24) is 9.97 Å². The molecule has 0 aliphatic heterocycles. The Kier molecular flexibility index (Phi) is 6.40. The van der Waals surface area contributed by atoms with Gasteiger partial charge in [0.15, 0.2) is 0 Å². The van der Waals surface area contributed by atoms with Gasteiger partial charge in [0.25, 0.3) is 0 Å². The van der Waals surface area contributed by atoms with Crippen LogP contribution in [-0.4, -0.2) is 9.97 Å². The summed E-state index contributed by atoms with van der Waals surface area (Å²) in [6, 6.07) is 50.5. The summed E-state index contributed by atoms with van der Waals surface area (Å²) in [4.78, 5) is 9.39. The first-order valence-corrected chi connectivity index (χ1v) is 13.4. The van der Waals surface area contributed by atoms with Gasteiger partial charge in [-0.1, -0.05) is 83.6 Å². The van der Waals surface area contributed by atoms with Crippen molar-refractivity contribution in [1.29, 1.82) is 0 Å². The van der Waals surface area contributed by atoms with Gasteiger partial charge in [-0.25, -0.2) is 0 Å². The third-order valence-corrected chi connectivity index (χ3v) is 7.73.